The Morgan fingerprint density at radius 1 is 1.14 bits per heavy atom. The van der Waals surface area contributed by atoms with Gasteiger partial charge in [-0.05, 0) is 24.3 Å². The highest BCUT2D eigenvalue weighted by Crippen LogP contribution is 2.29. The Labute approximate surface area is 124 Å². The summed E-state index contributed by atoms with van der Waals surface area (Å²) < 4.78 is 0. The molecule has 2 aromatic rings. The number of aromatic hydroxyl groups is 1. The van der Waals surface area contributed by atoms with Crippen molar-refractivity contribution in [2.45, 2.75) is 37.8 Å². The lowest BCUT2D eigenvalue weighted by Crippen LogP contribution is -2.49. The smallest absolute Gasteiger partial charge is 0.255 e. The lowest BCUT2D eigenvalue weighted by molar-refractivity contribution is 0.0919. The number of hydrogen-bond donors (Lipinski definition) is 3. The third kappa shape index (κ3) is 2.72. The van der Waals surface area contributed by atoms with Gasteiger partial charge in [0.15, 0.2) is 0 Å². The van der Waals surface area contributed by atoms with Crippen molar-refractivity contribution in [3.63, 3.8) is 0 Å². The van der Waals surface area contributed by atoms with Crippen molar-refractivity contribution in [2.24, 2.45) is 5.73 Å². The molecule has 2 aromatic carbocycles. The second kappa shape index (κ2) is 5.74. The molecule has 2 atom stereocenters. The molecule has 1 aliphatic carbocycles. The monoisotopic (exact) mass is 284 g/mol. The minimum absolute atomic E-state index is 0.00267. The highest BCUT2D eigenvalue weighted by molar-refractivity contribution is 6.03. The van der Waals surface area contributed by atoms with Crippen LogP contribution in [0.5, 0.6) is 5.75 Å². The van der Waals surface area contributed by atoms with E-state index in [9.17, 15) is 9.90 Å². The van der Waals surface area contributed by atoms with E-state index in [0.29, 0.717) is 10.9 Å². The zero-order chi connectivity index (χ0) is 14.8. The van der Waals surface area contributed by atoms with Crippen LogP contribution < -0.4 is 11.1 Å². The van der Waals surface area contributed by atoms with Crippen LogP contribution in [0, 0.1) is 0 Å². The molecule has 1 fully saturated rings. The van der Waals surface area contributed by atoms with Crippen molar-refractivity contribution in [2.75, 3.05) is 0 Å². The molecule has 110 valence electrons. The predicted octanol–water partition coefficient (Wildman–Crippen LogP) is 2.55. The normalized spacial score (nSPS) is 22.1. The number of phenolic OH excluding ortho intramolecular Hbond substituents is 1. The van der Waals surface area contributed by atoms with Crippen molar-refractivity contribution < 1.29 is 9.90 Å². The van der Waals surface area contributed by atoms with Crippen LogP contribution in [0.4, 0.5) is 0 Å². The average molecular weight is 284 g/mol. The molecule has 0 spiro atoms. The molecule has 0 heterocycles. The Morgan fingerprint density at radius 3 is 2.71 bits per heavy atom. The first-order valence-electron chi connectivity index (χ1n) is 7.44. The van der Waals surface area contributed by atoms with Gasteiger partial charge in [0.05, 0.1) is 5.56 Å². The SMILES string of the molecule is NC1CCCCC1NC(=O)c1ccc2ccccc2c1O. The molecule has 2 unspecified atom stereocenters. The maximum absolute atomic E-state index is 12.4. The fourth-order valence-electron chi connectivity index (χ4n) is 3.02. The molecule has 0 aliphatic heterocycles. The van der Waals surface area contributed by atoms with Gasteiger partial charge in [-0.2, -0.15) is 0 Å². The second-order valence-corrected chi connectivity index (χ2v) is 5.71. The standard InChI is InChI=1S/C17H20N2O2/c18-14-7-3-4-8-15(14)19-17(21)13-10-9-11-5-1-2-6-12(11)16(13)20/h1-2,5-6,9-10,14-15,20H,3-4,7-8,18H2,(H,19,21). The molecule has 3 rings (SSSR count). The minimum atomic E-state index is -0.249. The van der Waals surface area contributed by atoms with Gasteiger partial charge in [0.25, 0.3) is 5.91 Å². The maximum atomic E-state index is 12.4. The van der Waals surface area contributed by atoms with E-state index < -0.39 is 0 Å². The first kappa shape index (κ1) is 13.9. The maximum Gasteiger partial charge on any atom is 0.255 e. The van der Waals surface area contributed by atoms with E-state index in [2.05, 4.69) is 5.32 Å². The topological polar surface area (TPSA) is 75.3 Å². The first-order chi connectivity index (χ1) is 10.2. The van der Waals surface area contributed by atoms with E-state index in [1.165, 1.54) is 0 Å². The molecule has 0 saturated heterocycles. The van der Waals surface area contributed by atoms with Crippen molar-refractivity contribution in [3.8, 4) is 5.75 Å². The molecule has 1 aliphatic rings. The van der Waals surface area contributed by atoms with Crippen LogP contribution in [-0.4, -0.2) is 23.1 Å². The number of rotatable bonds is 2. The van der Waals surface area contributed by atoms with Gasteiger partial charge >= 0.3 is 0 Å². The molecular weight excluding hydrogens is 264 g/mol. The highest BCUT2D eigenvalue weighted by atomic mass is 16.3. The number of amides is 1. The predicted molar refractivity (Wildman–Crippen MR) is 83.3 cm³/mol. The van der Waals surface area contributed by atoms with Gasteiger partial charge < -0.3 is 16.2 Å². The molecule has 4 heteroatoms. The number of phenols is 1. The molecule has 4 nitrogen and oxygen atoms in total. The zero-order valence-corrected chi connectivity index (χ0v) is 11.9. The molecule has 21 heavy (non-hydrogen) atoms. The Kier molecular flexibility index (Phi) is 3.80. The molecule has 4 N–H and O–H groups in total. The number of nitrogens with two attached hydrogens (primary N) is 1. The summed E-state index contributed by atoms with van der Waals surface area (Å²) in [5.41, 5.74) is 6.37. The number of benzene rings is 2. The van der Waals surface area contributed by atoms with Crippen molar-refractivity contribution in [1.29, 1.82) is 0 Å². The number of carbonyl (C=O) groups excluding carboxylic acids is 1. The van der Waals surface area contributed by atoms with E-state index in [4.69, 9.17) is 5.73 Å². The van der Waals surface area contributed by atoms with Gasteiger partial charge in [0.1, 0.15) is 5.75 Å². The summed E-state index contributed by atoms with van der Waals surface area (Å²) in [7, 11) is 0. The van der Waals surface area contributed by atoms with Crippen LogP contribution in [0.15, 0.2) is 36.4 Å². The Morgan fingerprint density at radius 2 is 1.90 bits per heavy atom. The van der Waals surface area contributed by atoms with E-state index in [0.717, 1.165) is 31.1 Å². The summed E-state index contributed by atoms with van der Waals surface area (Å²) >= 11 is 0. The Balaban J connectivity index is 1.86. The van der Waals surface area contributed by atoms with E-state index >= 15 is 0 Å². The summed E-state index contributed by atoms with van der Waals surface area (Å²) in [5.74, 6) is -0.212. The molecule has 1 saturated carbocycles. The van der Waals surface area contributed by atoms with Crippen molar-refractivity contribution in [1.82, 2.24) is 5.32 Å². The van der Waals surface area contributed by atoms with Gasteiger partial charge in [-0.1, -0.05) is 43.2 Å². The summed E-state index contributed by atoms with van der Waals surface area (Å²) in [5, 5.41) is 14.9. The fraction of sp³-hybridized carbons (Fsp3) is 0.353. The number of fused-ring (bicyclic) bond motifs is 1. The van der Waals surface area contributed by atoms with Gasteiger partial charge in [-0.15, -0.1) is 0 Å². The summed E-state index contributed by atoms with van der Waals surface area (Å²) in [6, 6.07) is 11.0. The van der Waals surface area contributed by atoms with Crippen LogP contribution >= 0.6 is 0 Å². The number of carbonyl (C=O) groups is 1. The van der Waals surface area contributed by atoms with Crippen LogP contribution in [0.25, 0.3) is 10.8 Å². The average Bonchev–Trinajstić information content (AvgIpc) is 2.50. The lowest BCUT2D eigenvalue weighted by atomic mass is 9.90. The van der Waals surface area contributed by atoms with Gasteiger partial charge in [0, 0.05) is 17.5 Å². The zero-order valence-electron chi connectivity index (χ0n) is 11.9. The van der Waals surface area contributed by atoms with Crippen LogP contribution in [0.3, 0.4) is 0 Å². The van der Waals surface area contributed by atoms with Crippen LogP contribution in [0.1, 0.15) is 36.0 Å². The summed E-state index contributed by atoms with van der Waals surface area (Å²) in [4.78, 5) is 12.4. The molecule has 0 radical (unpaired) electrons. The van der Waals surface area contributed by atoms with E-state index in [1.807, 2.05) is 30.3 Å². The molecule has 0 bridgehead atoms. The Bertz CT molecular complexity index is 669. The van der Waals surface area contributed by atoms with Crippen molar-refractivity contribution in [3.05, 3.63) is 42.0 Å². The third-order valence-corrected chi connectivity index (χ3v) is 4.28. The highest BCUT2D eigenvalue weighted by Gasteiger charge is 2.24. The van der Waals surface area contributed by atoms with Gasteiger partial charge in [-0.25, -0.2) is 0 Å². The third-order valence-electron chi connectivity index (χ3n) is 4.28. The van der Waals surface area contributed by atoms with Crippen LogP contribution in [-0.2, 0) is 0 Å². The quantitative estimate of drug-likeness (QED) is 0.793. The molecule has 0 aromatic heterocycles. The van der Waals surface area contributed by atoms with Gasteiger partial charge in [0.2, 0.25) is 0 Å². The van der Waals surface area contributed by atoms with E-state index in [-0.39, 0.29) is 23.7 Å². The first-order valence-corrected chi connectivity index (χ1v) is 7.44. The van der Waals surface area contributed by atoms with Crippen LogP contribution in [0.2, 0.25) is 0 Å². The largest absolute Gasteiger partial charge is 0.506 e. The molecule has 1 amide bonds. The van der Waals surface area contributed by atoms with Crippen molar-refractivity contribution >= 4 is 16.7 Å². The molecular formula is C17H20N2O2. The fourth-order valence-corrected chi connectivity index (χ4v) is 3.02. The summed E-state index contributed by atoms with van der Waals surface area (Å²) in [6.45, 7) is 0. The number of hydrogen-bond acceptors (Lipinski definition) is 3. The minimum Gasteiger partial charge on any atom is -0.506 e. The second-order valence-electron chi connectivity index (χ2n) is 5.71. The van der Waals surface area contributed by atoms with Gasteiger partial charge in [-0.3, -0.25) is 4.79 Å². The van der Waals surface area contributed by atoms with E-state index in [1.54, 1.807) is 6.07 Å². The Hall–Kier alpha value is -2.07. The summed E-state index contributed by atoms with van der Waals surface area (Å²) in [6.07, 6.45) is 4.05. The lowest BCUT2D eigenvalue weighted by Gasteiger charge is -2.29. The number of nitrogens with one attached hydrogen (secondary N) is 1.